The average molecular weight is 891 g/mol. The molecular formula is C57H111NO5. The Hall–Kier alpha value is -1.40. The molecule has 0 aromatic carbocycles. The van der Waals surface area contributed by atoms with Crippen molar-refractivity contribution in [2.24, 2.45) is 0 Å². The van der Waals surface area contributed by atoms with Gasteiger partial charge >= 0.3 is 5.97 Å². The minimum absolute atomic E-state index is 0.0225. The third kappa shape index (κ3) is 49.9. The highest BCUT2D eigenvalue weighted by molar-refractivity contribution is 5.76. The van der Waals surface area contributed by atoms with E-state index in [1.165, 1.54) is 231 Å². The van der Waals surface area contributed by atoms with Crippen LogP contribution < -0.4 is 5.32 Å². The number of hydrogen-bond donors (Lipinski definition) is 3. The molecule has 0 heterocycles. The second-order valence-corrected chi connectivity index (χ2v) is 19.6. The van der Waals surface area contributed by atoms with E-state index in [-0.39, 0.29) is 18.5 Å². The highest BCUT2D eigenvalue weighted by Gasteiger charge is 2.18. The minimum atomic E-state index is -0.861. The van der Waals surface area contributed by atoms with Crippen LogP contribution in [0, 0.1) is 0 Å². The number of aliphatic hydroxyl groups is 2. The second-order valence-electron chi connectivity index (χ2n) is 19.6. The summed E-state index contributed by atoms with van der Waals surface area (Å²) >= 11 is 0. The van der Waals surface area contributed by atoms with Gasteiger partial charge in [0.2, 0.25) is 5.91 Å². The van der Waals surface area contributed by atoms with Crippen molar-refractivity contribution in [1.82, 2.24) is 5.32 Å². The summed E-state index contributed by atoms with van der Waals surface area (Å²) in [7, 11) is 0. The third-order valence-corrected chi connectivity index (χ3v) is 13.3. The van der Waals surface area contributed by atoms with Gasteiger partial charge in [-0.05, 0) is 32.1 Å². The number of unbranched alkanes of at least 4 members (excludes halogenated alkanes) is 42. The van der Waals surface area contributed by atoms with Crippen molar-refractivity contribution in [3.05, 3.63) is 12.2 Å². The standard InChI is InChI=1S/C57H111NO5/c1-3-5-7-9-11-13-15-17-19-21-22-23-25-26-28-30-33-37-41-45-49-55(60)54(53-59)58-56(61)50-46-42-38-34-32-36-40-44-48-52-63-57(62)51-47-43-39-35-31-29-27-24-20-18-16-14-12-10-8-6-4-2/h45,49,54-55,59-60H,3-44,46-48,50-53H2,1-2H3,(H,58,61)/b49-45+. The number of aliphatic hydroxyl groups excluding tert-OH is 2. The number of hydrogen-bond acceptors (Lipinski definition) is 5. The van der Waals surface area contributed by atoms with Crippen molar-refractivity contribution >= 4 is 11.9 Å². The largest absolute Gasteiger partial charge is 0.466 e. The van der Waals surface area contributed by atoms with Gasteiger partial charge in [-0.3, -0.25) is 9.59 Å². The van der Waals surface area contributed by atoms with Crippen molar-refractivity contribution in [3.8, 4) is 0 Å². The molecule has 6 nitrogen and oxygen atoms in total. The normalized spacial score (nSPS) is 12.6. The monoisotopic (exact) mass is 890 g/mol. The smallest absolute Gasteiger partial charge is 0.305 e. The van der Waals surface area contributed by atoms with E-state index in [4.69, 9.17) is 4.74 Å². The van der Waals surface area contributed by atoms with Crippen molar-refractivity contribution in [2.45, 2.75) is 328 Å². The molecule has 63 heavy (non-hydrogen) atoms. The van der Waals surface area contributed by atoms with Crippen LogP contribution in [-0.2, 0) is 14.3 Å². The maximum atomic E-state index is 12.5. The van der Waals surface area contributed by atoms with E-state index >= 15 is 0 Å². The highest BCUT2D eigenvalue weighted by atomic mass is 16.5. The summed E-state index contributed by atoms with van der Waals surface area (Å²) in [5, 5.41) is 23.1. The topological polar surface area (TPSA) is 95.9 Å². The fourth-order valence-electron chi connectivity index (χ4n) is 8.93. The number of allylic oxidation sites excluding steroid dienone is 1. The Morgan fingerprint density at radius 2 is 0.730 bits per heavy atom. The Labute approximate surface area is 393 Å². The van der Waals surface area contributed by atoms with E-state index in [1.54, 1.807) is 6.08 Å². The third-order valence-electron chi connectivity index (χ3n) is 13.3. The van der Waals surface area contributed by atoms with Crippen LogP contribution in [0.2, 0.25) is 0 Å². The van der Waals surface area contributed by atoms with Gasteiger partial charge in [0, 0.05) is 12.8 Å². The molecular weight excluding hydrogens is 779 g/mol. The zero-order valence-corrected chi connectivity index (χ0v) is 42.6. The highest BCUT2D eigenvalue weighted by Crippen LogP contribution is 2.17. The summed E-state index contributed by atoms with van der Waals surface area (Å²) < 4.78 is 5.47. The Morgan fingerprint density at radius 3 is 1.08 bits per heavy atom. The van der Waals surface area contributed by atoms with Gasteiger partial charge in [0.15, 0.2) is 0 Å². The van der Waals surface area contributed by atoms with E-state index in [2.05, 4.69) is 19.2 Å². The molecule has 0 aromatic rings. The van der Waals surface area contributed by atoms with Crippen LogP contribution in [0.4, 0.5) is 0 Å². The summed E-state index contributed by atoms with van der Waals surface area (Å²) in [6.45, 7) is 4.87. The fourth-order valence-corrected chi connectivity index (χ4v) is 8.93. The summed E-state index contributed by atoms with van der Waals surface area (Å²) in [4.78, 5) is 24.5. The lowest BCUT2D eigenvalue weighted by Crippen LogP contribution is -2.45. The van der Waals surface area contributed by atoms with Gasteiger partial charge in [-0.2, -0.15) is 0 Å². The molecule has 1 amide bonds. The average Bonchev–Trinajstić information content (AvgIpc) is 3.28. The lowest BCUT2D eigenvalue weighted by Gasteiger charge is -2.20. The maximum absolute atomic E-state index is 12.5. The molecule has 2 unspecified atom stereocenters. The molecule has 3 N–H and O–H groups in total. The van der Waals surface area contributed by atoms with E-state index in [0.717, 1.165) is 57.8 Å². The molecule has 0 spiro atoms. The quantitative estimate of drug-likeness (QED) is 0.0321. The van der Waals surface area contributed by atoms with Gasteiger partial charge in [0.1, 0.15) is 0 Å². The first-order valence-electron chi connectivity index (χ1n) is 28.5. The summed E-state index contributed by atoms with van der Waals surface area (Å²) in [5.74, 6) is -0.114. The first-order valence-corrected chi connectivity index (χ1v) is 28.5. The SMILES string of the molecule is CCCCCCCCCCCCCCCCCCCC/C=C/C(O)C(CO)NC(=O)CCCCCCCCCCCOC(=O)CCCCCCCCCCCCCCCCCCC. The van der Waals surface area contributed by atoms with Crippen LogP contribution in [0.1, 0.15) is 316 Å². The molecule has 0 fully saturated rings. The number of amides is 1. The Bertz CT molecular complexity index is 939. The molecule has 0 radical (unpaired) electrons. The first-order chi connectivity index (χ1) is 31.0. The summed E-state index contributed by atoms with van der Waals surface area (Å²) in [5.41, 5.74) is 0. The molecule has 0 saturated heterocycles. The second kappa shape index (κ2) is 53.2. The fraction of sp³-hybridized carbons (Fsp3) is 0.930. The van der Waals surface area contributed by atoms with Gasteiger partial charge in [0.25, 0.3) is 0 Å². The number of rotatable bonds is 53. The minimum Gasteiger partial charge on any atom is -0.466 e. The van der Waals surface area contributed by atoms with Crippen LogP contribution in [0.5, 0.6) is 0 Å². The van der Waals surface area contributed by atoms with Crippen LogP contribution in [0.25, 0.3) is 0 Å². The van der Waals surface area contributed by atoms with Gasteiger partial charge in [-0.1, -0.05) is 283 Å². The lowest BCUT2D eigenvalue weighted by atomic mass is 10.0. The number of nitrogens with one attached hydrogen (secondary N) is 1. The van der Waals surface area contributed by atoms with Crippen LogP contribution in [0.15, 0.2) is 12.2 Å². The van der Waals surface area contributed by atoms with Crippen molar-refractivity contribution in [3.63, 3.8) is 0 Å². The van der Waals surface area contributed by atoms with E-state index < -0.39 is 12.1 Å². The molecule has 0 aromatic heterocycles. The Morgan fingerprint density at radius 1 is 0.429 bits per heavy atom. The molecule has 374 valence electrons. The summed E-state index contributed by atoms with van der Waals surface area (Å²) in [6, 6.07) is -0.647. The zero-order chi connectivity index (χ0) is 45.8. The van der Waals surface area contributed by atoms with E-state index in [0.29, 0.717) is 19.4 Å². The lowest BCUT2D eigenvalue weighted by molar-refractivity contribution is -0.143. The van der Waals surface area contributed by atoms with Gasteiger partial charge in [-0.25, -0.2) is 0 Å². The summed E-state index contributed by atoms with van der Waals surface area (Å²) in [6.07, 6.45) is 62.3. The number of ether oxygens (including phenoxy) is 1. The van der Waals surface area contributed by atoms with Crippen molar-refractivity contribution < 1.29 is 24.5 Å². The molecule has 0 bridgehead atoms. The maximum Gasteiger partial charge on any atom is 0.305 e. The molecule has 0 saturated carbocycles. The molecule has 0 aliphatic rings. The van der Waals surface area contributed by atoms with Gasteiger partial charge in [0.05, 0.1) is 25.4 Å². The molecule has 0 rings (SSSR count). The van der Waals surface area contributed by atoms with Crippen molar-refractivity contribution in [1.29, 1.82) is 0 Å². The Balaban J connectivity index is 3.49. The van der Waals surface area contributed by atoms with Crippen molar-refractivity contribution in [2.75, 3.05) is 13.2 Å². The molecule has 0 aliphatic carbocycles. The predicted octanol–water partition coefficient (Wildman–Crippen LogP) is 17.3. The van der Waals surface area contributed by atoms with E-state index in [9.17, 15) is 19.8 Å². The van der Waals surface area contributed by atoms with Gasteiger partial charge in [-0.15, -0.1) is 0 Å². The number of esters is 1. The predicted molar refractivity (Wildman–Crippen MR) is 273 cm³/mol. The molecule has 6 heteroatoms. The number of carbonyl (C=O) groups excluding carboxylic acids is 2. The molecule has 2 atom stereocenters. The van der Waals surface area contributed by atoms with Crippen LogP contribution in [-0.4, -0.2) is 47.4 Å². The van der Waals surface area contributed by atoms with Crippen LogP contribution >= 0.6 is 0 Å². The molecule has 0 aliphatic heterocycles. The van der Waals surface area contributed by atoms with Gasteiger partial charge < -0.3 is 20.3 Å². The number of carbonyl (C=O) groups is 2. The van der Waals surface area contributed by atoms with Crippen LogP contribution in [0.3, 0.4) is 0 Å². The Kier molecular flexibility index (Phi) is 52.0. The zero-order valence-electron chi connectivity index (χ0n) is 42.6. The van der Waals surface area contributed by atoms with E-state index in [1.807, 2.05) is 6.08 Å². The first kappa shape index (κ1) is 61.6.